The number of piperidine rings is 1. The molecule has 4 nitrogen and oxygen atoms in total. The van der Waals surface area contributed by atoms with Gasteiger partial charge in [0.15, 0.2) is 11.5 Å². The summed E-state index contributed by atoms with van der Waals surface area (Å²) in [5.41, 5.74) is 6.94. The van der Waals surface area contributed by atoms with Crippen LogP contribution in [-0.4, -0.2) is 37.8 Å². The molecule has 0 saturated carbocycles. The summed E-state index contributed by atoms with van der Waals surface area (Å²) in [4.78, 5) is 2.26. The average molecular weight is 323 g/mol. The zero-order chi connectivity index (χ0) is 14.5. The van der Waals surface area contributed by atoms with Gasteiger partial charge in [-0.2, -0.15) is 8.78 Å². The molecule has 0 aliphatic carbocycles. The van der Waals surface area contributed by atoms with E-state index in [2.05, 4.69) is 9.64 Å². The lowest BCUT2D eigenvalue weighted by atomic mass is 10.1. The zero-order valence-corrected chi connectivity index (χ0v) is 12.7. The van der Waals surface area contributed by atoms with Crippen LogP contribution in [0.3, 0.4) is 0 Å². The van der Waals surface area contributed by atoms with E-state index in [0.717, 1.165) is 38.0 Å². The highest BCUT2D eigenvalue weighted by Gasteiger charge is 2.17. The molecule has 2 N–H and O–H groups in total. The maximum absolute atomic E-state index is 12.3. The van der Waals surface area contributed by atoms with E-state index in [0.29, 0.717) is 5.75 Å². The third kappa shape index (κ3) is 5.30. The molecule has 120 valence electrons. The van der Waals surface area contributed by atoms with Gasteiger partial charge in [0.25, 0.3) is 0 Å². The maximum Gasteiger partial charge on any atom is 0.387 e. The minimum Gasteiger partial charge on any atom is -0.493 e. The number of methoxy groups -OCH3 is 1. The van der Waals surface area contributed by atoms with Crippen molar-refractivity contribution in [3.05, 3.63) is 23.8 Å². The van der Waals surface area contributed by atoms with Crippen molar-refractivity contribution in [3.8, 4) is 11.5 Å². The number of ether oxygens (including phenoxy) is 2. The molecule has 0 aromatic heterocycles. The number of likely N-dealkylation sites (tertiary alicyclic amines) is 1. The van der Waals surface area contributed by atoms with E-state index in [1.165, 1.54) is 13.2 Å². The van der Waals surface area contributed by atoms with Gasteiger partial charge in [-0.25, -0.2) is 0 Å². The molecule has 0 bridgehead atoms. The summed E-state index contributed by atoms with van der Waals surface area (Å²) < 4.78 is 34.0. The highest BCUT2D eigenvalue weighted by molar-refractivity contribution is 5.85. The number of rotatable bonds is 5. The van der Waals surface area contributed by atoms with Gasteiger partial charge >= 0.3 is 6.61 Å². The normalized spacial score (nSPS) is 19.2. The third-order valence-electron chi connectivity index (χ3n) is 3.39. The lowest BCUT2D eigenvalue weighted by molar-refractivity contribution is -0.0512. The molecule has 0 spiro atoms. The van der Waals surface area contributed by atoms with E-state index >= 15 is 0 Å². The Labute approximate surface area is 129 Å². The second-order valence-corrected chi connectivity index (χ2v) is 5.00. The molecule has 1 aromatic carbocycles. The molecule has 1 unspecified atom stereocenters. The van der Waals surface area contributed by atoms with Crippen molar-refractivity contribution in [1.82, 2.24) is 4.90 Å². The molecule has 0 amide bonds. The van der Waals surface area contributed by atoms with Crippen LogP contribution in [-0.2, 0) is 6.54 Å². The van der Waals surface area contributed by atoms with Gasteiger partial charge in [-0.15, -0.1) is 12.4 Å². The standard InChI is InChI=1S/C14H20F2N2O2.ClH/c1-19-13-7-10(4-5-12(13)20-14(15)16)8-18-6-2-3-11(17)9-18;/h4-5,7,11,14H,2-3,6,8-9,17H2,1H3;1H. The Bertz CT molecular complexity index is 449. The Hall–Kier alpha value is -1.11. The van der Waals surface area contributed by atoms with Crippen molar-refractivity contribution in [1.29, 1.82) is 0 Å². The first-order valence-corrected chi connectivity index (χ1v) is 6.68. The Balaban J connectivity index is 0.00000220. The quantitative estimate of drug-likeness (QED) is 0.905. The molecular weight excluding hydrogens is 302 g/mol. The van der Waals surface area contributed by atoms with Crippen LogP contribution in [0.15, 0.2) is 18.2 Å². The molecule has 0 radical (unpaired) electrons. The van der Waals surface area contributed by atoms with Crippen molar-refractivity contribution in [2.45, 2.75) is 32.0 Å². The Morgan fingerprint density at radius 3 is 2.76 bits per heavy atom. The van der Waals surface area contributed by atoms with Gasteiger partial charge in [0, 0.05) is 19.1 Å². The first-order valence-electron chi connectivity index (χ1n) is 6.68. The summed E-state index contributed by atoms with van der Waals surface area (Å²) in [6, 6.07) is 5.25. The molecule has 1 heterocycles. The van der Waals surface area contributed by atoms with Crippen LogP contribution in [0.25, 0.3) is 0 Å². The van der Waals surface area contributed by atoms with Crippen molar-refractivity contribution in [3.63, 3.8) is 0 Å². The van der Waals surface area contributed by atoms with E-state index in [1.807, 2.05) is 0 Å². The van der Waals surface area contributed by atoms with Crippen LogP contribution in [0, 0.1) is 0 Å². The zero-order valence-electron chi connectivity index (χ0n) is 11.9. The third-order valence-corrected chi connectivity index (χ3v) is 3.39. The Morgan fingerprint density at radius 1 is 1.38 bits per heavy atom. The van der Waals surface area contributed by atoms with Crippen molar-refractivity contribution in [2.75, 3.05) is 20.2 Å². The molecule has 1 atom stereocenters. The van der Waals surface area contributed by atoms with E-state index in [1.54, 1.807) is 12.1 Å². The second kappa shape index (κ2) is 8.36. The van der Waals surface area contributed by atoms with Crippen LogP contribution in [0.1, 0.15) is 18.4 Å². The van der Waals surface area contributed by atoms with Crippen molar-refractivity contribution in [2.24, 2.45) is 5.73 Å². The first-order chi connectivity index (χ1) is 9.58. The molecule has 1 saturated heterocycles. The molecule has 1 aliphatic rings. The molecule has 7 heteroatoms. The first kappa shape index (κ1) is 17.9. The topological polar surface area (TPSA) is 47.7 Å². The monoisotopic (exact) mass is 322 g/mol. The van der Waals surface area contributed by atoms with E-state index in [4.69, 9.17) is 10.5 Å². The lowest BCUT2D eigenvalue weighted by Gasteiger charge is -2.30. The average Bonchev–Trinajstić information content (AvgIpc) is 2.40. The molecule has 21 heavy (non-hydrogen) atoms. The summed E-state index contributed by atoms with van der Waals surface area (Å²) in [5.74, 6) is 0.380. The van der Waals surface area contributed by atoms with Crippen LogP contribution in [0.5, 0.6) is 11.5 Å². The van der Waals surface area contributed by atoms with Gasteiger partial charge in [-0.05, 0) is 37.1 Å². The minimum atomic E-state index is -2.85. The van der Waals surface area contributed by atoms with Crippen LogP contribution >= 0.6 is 12.4 Å². The van der Waals surface area contributed by atoms with E-state index in [-0.39, 0.29) is 24.2 Å². The van der Waals surface area contributed by atoms with Gasteiger partial charge < -0.3 is 15.2 Å². The molecule has 1 fully saturated rings. The fraction of sp³-hybridized carbons (Fsp3) is 0.571. The number of alkyl halides is 2. The van der Waals surface area contributed by atoms with Gasteiger partial charge in [-0.1, -0.05) is 6.07 Å². The number of nitrogens with two attached hydrogens (primary N) is 1. The largest absolute Gasteiger partial charge is 0.493 e. The maximum atomic E-state index is 12.3. The van der Waals surface area contributed by atoms with Gasteiger partial charge in [0.1, 0.15) is 0 Å². The fourth-order valence-electron chi connectivity index (χ4n) is 2.50. The van der Waals surface area contributed by atoms with Crippen LogP contribution in [0.2, 0.25) is 0 Å². The summed E-state index contributed by atoms with van der Waals surface area (Å²) in [5, 5.41) is 0. The number of hydrogen-bond acceptors (Lipinski definition) is 4. The molecular formula is C14H21ClF2N2O2. The van der Waals surface area contributed by atoms with Gasteiger partial charge in [0.2, 0.25) is 0 Å². The van der Waals surface area contributed by atoms with E-state index < -0.39 is 6.61 Å². The smallest absolute Gasteiger partial charge is 0.387 e. The number of halogens is 3. The highest BCUT2D eigenvalue weighted by atomic mass is 35.5. The summed E-state index contributed by atoms with van der Waals surface area (Å²) in [7, 11) is 1.44. The number of benzene rings is 1. The van der Waals surface area contributed by atoms with Crippen LogP contribution < -0.4 is 15.2 Å². The van der Waals surface area contributed by atoms with Crippen molar-refractivity contribution >= 4 is 12.4 Å². The SMILES string of the molecule is COc1cc(CN2CCCC(N)C2)ccc1OC(F)F.Cl. The lowest BCUT2D eigenvalue weighted by Crippen LogP contribution is -2.42. The van der Waals surface area contributed by atoms with Gasteiger partial charge in [-0.3, -0.25) is 4.90 Å². The highest BCUT2D eigenvalue weighted by Crippen LogP contribution is 2.30. The summed E-state index contributed by atoms with van der Waals surface area (Å²) in [6.45, 7) is -0.253. The second-order valence-electron chi connectivity index (χ2n) is 5.00. The van der Waals surface area contributed by atoms with E-state index in [9.17, 15) is 8.78 Å². The van der Waals surface area contributed by atoms with Crippen LogP contribution in [0.4, 0.5) is 8.78 Å². The molecule has 1 aromatic rings. The number of nitrogens with zero attached hydrogens (tertiary/aromatic N) is 1. The van der Waals surface area contributed by atoms with Gasteiger partial charge in [0.05, 0.1) is 7.11 Å². The van der Waals surface area contributed by atoms with Crippen molar-refractivity contribution < 1.29 is 18.3 Å². The minimum absolute atomic E-state index is 0. The predicted octanol–water partition coefficient (Wildman–Crippen LogP) is 2.64. The Morgan fingerprint density at radius 2 is 2.14 bits per heavy atom. The number of hydrogen-bond donors (Lipinski definition) is 1. The molecule has 1 aliphatic heterocycles. The summed E-state index contributed by atoms with van der Waals surface area (Å²) >= 11 is 0. The molecule has 2 rings (SSSR count). The fourth-order valence-corrected chi connectivity index (χ4v) is 2.50. The summed E-state index contributed by atoms with van der Waals surface area (Å²) in [6.07, 6.45) is 2.14. The Kier molecular flexibility index (Phi) is 7.14. The predicted molar refractivity (Wildman–Crippen MR) is 79.4 cm³/mol.